The van der Waals surface area contributed by atoms with Crippen LogP contribution in [0.15, 0.2) is 72.8 Å². The molecule has 3 aliphatic carbocycles. The highest BCUT2D eigenvalue weighted by molar-refractivity contribution is 6.25. The highest BCUT2D eigenvalue weighted by atomic mass is 16.8. The van der Waals surface area contributed by atoms with E-state index in [2.05, 4.69) is 0 Å². The fourth-order valence-electron chi connectivity index (χ4n) is 6.06. The second-order valence-electron chi connectivity index (χ2n) is 8.51. The monoisotopic (exact) mass is 426 g/mol. The topological polar surface area (TPSA) is 102 Å². The first kappa shape index (κ1) is 19.1. The van der Waals surface area contributed by atoms with Crippen LogP contribution < -0.4 is 10.1 Å². The van der Waals surface area contributed by atoms with Gasteiger partial charge in [0.2, 0.25) is 11.8 Å². The molecule has 1 heterocycles. The molecule has 3 atom stereocenters. The van der Waals surface area contributed by atoms with Gasteiger partial charge in [0, 0.05) is 18.1 Å². The van der Waals surface area contributed by atoms with E-state index in [0.29, 0.717) is 0 Å². The molecule has 0 aromatic heterocycles. The van der Waals surface area contributed by atoms with Crippen LogP contribution in [0.25, 0.3) is 0 Å². The van der Waals surface area contributed by atoms with Crippen molar-refractivity contribution in [2.45, 2.75) is 11.3 Å². The van der Waals surface area contributed by atoms with Crippen molar-refractivity contribution in [3.63, 3.8) is 0 Å². The Hall–Kier alpha value is -3.65. The smallest absolute Gasteiger partial charge is 0.239 e. The first-order chi connectivity index (χ1) is 15.5. The molecule has 32 heavy (non-hydrogen) atoms. The molecule has 1 aliphatic heterocycles. The van der Waals surface area contributed by atoms with Crippen LogP contribution in [0, 0.1) is 17.0 Å². The number of hydrogen-bond donors (Lipinski definition) is 2. The minimum absolute atomic E-state index is 0.0161. The van der Waals surface area contributed by atoms with E-state index in [1.54, 1.807) is 6.07 Å². The molecular weight excluding hydrogens is 408 g/mol. The van der Waals surface area contributed by atoms with Crippen LogP contribution >= 0.6 is 0 Å². The fourth-order valence-corrected chi connectivity index (χ4v) is 6.06. The summed E-state index contributed by atoms with van der Waals surface area (Å²) >= 11 is 0. The second-order valence-corrected chi connectivity index (χ2v) is 8.51. The van der Waals surface area contributed by atoms with E-state index in [9.17, 15) is 24.8 Å². The van der Waals surface area contributed by atoms with Gasteiger partial charge < -0.3 is 10.0 Å². The Kier molecular flexibility index (Phi) is 3.83. The van der Waals surface area contributed by atoms with Crippen molar-refractivity contribution in [1.82, 2.24) is 0 Å². The number of carbonyl (C=O) groups excluding carboxylic acids is 3. The van der Waals surface area contributed by atoms with Gasteiger partial charge in [-0.3, -0.25) is 9.59 Å². The number of nitrogens with one attached hydrogen (secondary N) is 1. The Bertz CT molecular complexity index is 1270. The van der Waals surface area contributed by atoms with Crippen molar-refractivity contribution >= 4 is 29.5 Å². The minimum Gasteiger partial charge on any atom is -0.595 e. The van der Waals surface area contributed by atoms with Crippen LogP contribution in [0.2, 0.25) is 0 Å². The molecule has 0 radical (unpaired) electrons. The van der Waals surface area contributed by atoms with Crippen molar-refractivity contribution in [3.05, 3.63) is 100 Å². The molecule has 7 rings (SSSR count). The van der Waals surface area contributed by atoms with Gasteiger partial charge in [-0.25, -0.2) is 10.1 Å². The summed E-state index contributed by atoms with van der Waals surface area (Å²) in [5.41, 5.74) is 2.24. The minimum atomic E-state index is -1.27. The summed E-state index contributed by atoms with van der Waals surface area (Å²) in [6.45, 7) is 0. The molecule has 158 valence electrons. The quantitative estimate of drug-likeness (QED) is 0.378. The average molecular weight is 426 g/mol. The van der Waals surface area contributed by atoms with Crippen LogP contribution in [0.1, 0.15) is 28.2 Å². The highest BCUT2D eigenvalue weighted by Gasteiger charge is 2.68. The van der Waals surface area contributed by atoms with E-state index < -0.39 is 34.3 Å². The predicted octanol–water partition coefficient (Wildman–Crippen LogP) is 1.84. The zero-order chi connectivity index (χ0) is 22.2. The Morgan fingerprint density at radius 3 is 2.12 bits per heavy atom. The third kappa shape index (κ3) is 2.12. The molecule has 2 N–H and O–H groups in total. The van der Waals surface area contributed by atoms with E-state index in [0.717, 1.165) is 33.4 Å². The number of hydrogen-bond acceptors (Lipinski definition) is 5. The predicted molar refractivity (Wildman–Crippen MR) is 113 cm³/mol. The van der Waals surface area contributed by atoms with Gasteiger partial charge in [-0.05, 0) is 28.3 Å². The number of aldehydes is 1. The summed E-state index contributed by atoms with van der Waals surface area (Å²) in [6.07, 6.45) is 0.820. The zero-order valence-corrected chi connectivity index (χ0v) is 16.8. The number of imide groups is 1. The maximum atomic E-state index is 13.8. The van der Waals surface area contributed by atoms with Gasteiger partial charge in [0.05, 0.1) is 22.9 Å². The summed E-state index contributed by atoms with van der Waals surface area (Å²) in [6, 6.07) is 20.8. The average Bonchev–Trinajstić information content (AvgIpc) is 3.10. The lowest BCUT2D eigenvalue weighted by atomic mass is 9.48. The van der Waals surface area contributed by atoms with E-state index in [-0.39, 0.29) is 17.3 Å². The Labute approximate surface area is 183 Å². The second kappa shape index (κ2) is 6.43. The van der Waals surface area contributed by atoms with Gasteiger partial charge in [0.25, 0.3) is 0 Å². The molecule has 1 saturated heterocycles. The molecule has 1 fully saturated rings. The normalized spacial score (nSPS) is 28.2. The van der Waals surface area contributed by atoms with Crippen molar-refractivity contribution in [2.75, 3.05) is 4.90 Å². The number of anilines is 1. The molecule has 7 nitrogen and oxygen atoms in total. The van der Waals surface area contributed by atoms with Crippen LogP contribution in [-0.2, 0) is 19.8 Å². The van der Waals surface area contributed by atoms with Gasteiger partial charge in [-0.15, -0.1) is 0 Å². The van der Waals surface area contributed by atoms with Crippen LogP contribution in [0.5, 0.6) is 0 Å². The molecule has 0 spiro atoms. The van der Waals surface area contributed by atoms with Gasteiger partial charge in [0.1, 0.15) is 6.29 Å². The standard InChI is InChI=1S/C25H18N2O5/c28-13-25-18-10-3-1-8-16(18)20(17-9-2-4-11-19(17)25)21-22(25)24(30)26(23(21)29)14-6-5-7-15(12-14)27(31)32/h1-13,20-22,27,31H. The van der Waals surface area contributed by atoms with Crippen molar-refractivity contribution in [2.24, 2.45) is 11.8 Å². The maximum absolute atomic E-state index is 13.8. The lowest BCUT2D eigenvalue weighted by molar-refractivity contribution is -0.991. The third-order valence-corrected chi connectivity index (χ3v) is 7.22. The molecule has 7 heteroatoms. The largest absolute Gasteiger partial charge is 0.595 e. The Morgan fingerprint density at radius 2 is 1.53 bits per heavy atom. The number of carbonyl (C=O) groups is 3. The molecular formula is C25H18N2O5. The summed E-state index contributed by atoms with van der Waals surface area (Å²) < 4.78 is 0. The van der Waals surface area contributed by atoms with E-state index in [4.69, 9.17) is 0 Å². The fraction of sp³-hybridized carbons (Fsp3) is 0.160. The van der Waals surface area contributed by atoms with Crippen LogP contribution in [0.4, 0.5) is 11.4 Å². The maximum Gasteiger partial charge on any atom is 0.239 e. The van der Waals surface area contributed by atoms with E-state index >= 15 is 0 Å². The Balaban J connectivity index is 1.61. The summed E-state index contributed by atoms with van der Waals surface area (Å²) in [5, 5.41) is 19.7. The lowest BCUT2D eigenvalue weighted by Gasteiger charge is -2.51. The summed E-state index contributed by atoms with van der Waals surface area (Å²) in [5.74, 6) is -2.83. The number of amides is 2. The third-order valence-electron chi connectivity index (χ3n) is 7.22. The van der Waals surface area contributed by atoms with Crippen LogP contribution in [-0.4, -0.2) is 23.3 Å². The first-order valence-corrected chi connectivity index (χ1v) is 10.4. The molecule has 3 aromatic rings. The van der Waals surface area contributed by atoms with E-state index in [1.165, 1.54) is 18.2 Å². The van der Waals surface area contributed by atoms with Crippen molar-refractivity contribution in [3.8, 4) is 0 Å². The lowest BCUT2D eigenvalue weighted by Crippen LogP contribution is -2.99. The van der Waals surface area contributed by atoms with Crippen molar-refractivity contribution < 1.29 is 24.8 Å². The molecule has 4 aliphatic rings. The van der Waals surface area contributed by atoms with E-state index in [1.807, 2.05) is 48.5 Å². The Morgan fingerprint density at radius 1 is 0.906 bits per heavy atom. The molecule has 0 saturated carbocycles. The highest BCUT2D eigenvalue weighted by Crippen LogP contribution is 2.63. The molecule has 2 amide bonds. The molecule has 3 unspecified atom stereocenters. The van der Waals surface area contributed by atoms with Gasteiger partial charge in [0.15, 0.2) is 5.69 Å². The number of quaternary nitrogens is 1. The number of benzene rings is 3. The van der Waals surface area contributed by atoms with Gasteiger partial charge in [-0.1, -0.05) is 54.6 Å². The van der Waals surface area contributed by atoms with Crippen LogP contribution in [0.3, 0.4) is 0 Å². The SMILES string of the molecule is O=CC12c3ccccc3C(c3ccccc31)C1C(=O)N(c3cccc([NH+]([O-])O)c3)C(=O)C12. The molecule has 3 aromatic carbocycles. The summed E-state index contributed by atoms with van der Waals surface area (Å²) in [4.78, 5) is 41.5. The van der Waals surface area contributed by atoms with Crippen molar-refractivity contribution in [1.29, 1.82) is 0 Å². The zero-order valence-electron chi connectivity index (χ0n) is 16.8. The number of nitrogens with zero attached hydrogens (tertiary/aromatic N) is 1. The van der Waals surface area contributed by atoms with Gasteiger partial charge >= 0.3 is 0 Å². The summed E-state index contributed by atoms with van der Waals surface area (Å²) in [7, 11) is 0. The van der Waals surface area contributed by atoms with Gasteiger partial charge in [-0.2, -0.15) is 5.23 Å². The molecule has 2 bridgehead atoms. The first-order valence-electron chi connectivity index (χ1n) is 10.4. The number of rotatable bonds is 3.